The van der Waals surface area contributed by atoms with Gasteiger partial charge in [0.15, 0.2) is 5.54 Å². The first-order chi connectivity index (χ1) is 17.9. The van der Waals surface area contributed by atoms with Gasteiger partial charge in [0.1, 0.15) is 17.7 Å². The Balaban J connectivity index is 1.55. The van der Waals surface area contributed by atoms with Gasteiger partial charge in [-0.15, -0.1) is 0 Å². The van der Waals surface area contributed by atoms with Crippen LogP contribution < -0.4 is 10.1 Å². The van der Waals surface area contributed by atoms with E-state index in [4.69, 9.17) is 19.6 Å². The molecule has 0 fully saturated rings. The van der Waals surface area contributed by atoms with E-state index in [1.807, 2.05) is 61.5 Å². The van der Waals surface area contributed by atoms with Gasteiger partial charge in [-0.1, -0.05) is 40.2 Å². The van der Waals surface area contributed by atoms with E-state index in [0.29, 0.717) is 44.1 Å². The van der Waals surface area contributed by atoms with E-state index in [2.05, 4.69) is 21.2 Å². The maximum absolute atomic E-state index is 13.7. The van der Waals surface area contributed by atoms with Crippen LogP contribution in [-0.2, 0) is 22.4 Å². The molecule has 0 aromatic heterocycles. The number of ether oxygens (including phenoxy) is 2. The lowest BCUT2D eigenvalue weighted by Crippen LogP contribution is -2.52. The van der Waals surface area contributed by atoms with Crippen LogP contribution in [0.25, 0.3) is 0 Å². The average molecular weight is 569 g/mol. The number of carbonyl (C=O) groups excluding carboxylic acids is 1. The number of aliphatic hydroxyl groups excluding tert-OH is 1. The van der Waals surface area contributed by atoms with E-state index in [0.717, 1.165) is 21.2 Å². The van der Waals surface area contributed by atoms with Crippen molar-refractivity contribution in [2.75, 3.05) is 19.8 Å². The molecule has 1 heterocycles. The predicted octanol–water partition coefficient (Wildman–Crippen LogP) is 4.86. The highest BCUT2D eigenvalue weighted by Gasteiger charge is 2.50. The van der Waals surface area contributed by atoms with Gasteiger partial charge in [0.2, 0.25) is 5.90 Å². The van der Waals surface area contributed by atoms with Crippen molar-refractivity contribution in [1.82, 2.24) is 5.32 Å². The number of aliphatic imine (C=N–C) groups is 1. The lowest BCUT2D eigenvalue weighted by atomic mass is 9.86. The Hall–Kier alpha value is -3.23. The van der Waals surface area contributed by atoms with Crippen LogP contribution in [0.5, 0.6) is 5.75 Å². The van der Waals surface area contributed by atoms with Crippen LogP contribution in [0.3, 0.4) is 0 Å². The molecule has 0 spiro atoms. The van der Waals surface area contributed by atoms with Crippen LogP contribution in [0.4, 0.5) is 4.39 Å². The molecule has 1 amide bonds. The number of carbonyl (C=O) groups is 1. The van der Waals surface area contributed by atoms with Crippen LogP contribution in [0.1, 0.15) is 30.0 Å². The first-order valence-electron chi connectivity index (χ1n) is 12.3. The zero-order chi connectivity index (χ0) is 26.3. The van der Waals surface area contributed by atoms with Gasteiger partial charge in [0.05, 0.1) is 6.61 Å². The number of nitrogens with one attached hydrogen (secondary N) is 1. The summed E-state index contributed by atoms with van der Waals surface area (Å²) in [4.78, 5) is 18.5. The Bertz CT molecular complexity index is 1230. The molecule has 194 valence electrons. The minimum absolute atomic E-state index is 0.0748. The van der Waals surface area contributed by atoms with Crippen LogP contribution in [0.15, 0.2) is 82.3 Å². The molecule has 8 heteroatoms. The molecule has 4 rings (SSSR count). The molecule has 0 unspecified atom stereocenters. The predicted molar refractivity (Wildman–Crippen MR) is 144 cm³/mol. The number of aliphatic hydroxyl groups is 1. The quantitative estimate of drug-likeness (QED) is 0.324. The van der Waals surface area contributed by atoms with Crippen LogP contribution in [-0.4, -0.2) is 48.3 Å². The van der Waals surface area contributed by atoms with Gasteiger partial charge in [-0.05, 0) is 73.0 Å². The number of amides is 1. The van der Waals surface area contributed by atoms with E-state index >= 15 is 0 Å². The minimum Gasteiger partial charge on any atom is -0.494 e. The standard InChI is InChI=1S/C29H30BrFN2O4/c1-20-29(19-22-6-10-24(30)11-7-22,28(35)32-15-14-21-4-2-5-25(31)18-21)33-27(37-20)23-8-12-26(13-9-23)36-17-3-16-34/h2,4-13,18,20,34H,3,14-17,19H2,1H3,(H,32,35)/t20-,29-/m1/s1. The summed E-state index contributed by atoms with van der Waals surface area (Å²) in [7, 11) is 0. The molecule has 2 N–H and O–H groups in total. The Morgan fingerprint density at radius 1 is 1.14 bits per heavy atom. The third kappa shape index (κ3) is 6.76. The zero-order valence-corrected chi connectivity index (χ0v) is 22.2. The normalized spacial score (nSPS) is 18.7. The van der Waals surface area contributed by atoms with E-state index in [-0.39, 0.29) is 18.3 Å². The van der Waals surface area contributed by atoms with Crippen molar-refractivity contribution in [3.8, 4) is 5.75 Å². The van der Waals surface area contributed by atoms with Crippen molar-refractivity contribution < 1.29 is 23.8 Å². The van der Waals surface area contributed by atoms with E-state index in [1.54, 1.807) is 6.07 Å². The number of benzene rings is 3. The molecule has 37 heavy (non-hydrogen) atoms. The van der Waals surface area contributed by atoms with E-state index in [1.165, 1.54) is 12.1 Å². The lowest BCUT2D eigenvalue weighted by molar-refractivity contribution is -0.128. The molecule has 1 aliphatic heterocycles. The third-order valence-electron chi connectivity index (χ3n) is 6.30. The van der Waals surface area contributed by atoms with Crippen molar-refractivity contribution in [1.29, 1.82) is 0 Å². The van der Waals surface area contributed by atoms with Gasteiger partial charge in [-0.3, -0.25) is 4.79 Å². The molecule has 3 aromatic carbocycles. The summed E-state index contributed by atoms with van der Waals surface area (Å²) in [6, 6.07) is 21.5. The second-order valence-corrected chi connectivity index (χ2v) is 9.91. The molecular formula is C29H30BrFN2O4. The van der Waals surface area contributed by atoms with Crippen molar-refractivity contribution in [2.24, 2.45) is 4.99 Å². The monoisotopic (exact) mass is 568 g/mol. The van der Waals surface area contributed by atoms with Crippen molar-refractivity contribution in [3.05, 3.63) is 99.8 Å². The summed E-state index contributed by atoms with van der Waals surface area (Å²) in [6.45, 7) is 2.71. The molecule has 0 saturated carbocycles. The molecule has 6 nitrogen and oxygen atoms in total. The lowest BCUT2D eigenvalue weighted by Gasteiger charge is -2.28. The summed E-state index contributed by atoms with van der Waals surface area (Å²) < 4.78 is 26.3. The van der Waals surface area contributed by atoms with E-state index in [9.17, 15) is 9.18 Å². The molecule has 3 aromatic rings. The van der Waals surface area contributed by atoms with Crippen molar-refractivity contribution in [3.63, 3.8) is 0 Å². The van der Waals surface area contributed by atoms with Crippen molar-refractivity contribution >= 4 is 27.7 Å². The number of nitrogens with zero attached hydrogens (tertiary/aromatic N) is 1. The second-order valence-electron chi connectivity index (χ2n) is 8.99. The van der Waals surface area contributed by atoms with Gasteiger partial charge in [-0.25, -0.2) is 9.38 Å². The van der Waals surface area contributed by atoms with Gasteiger partial charge in [0.25, 0.3) is 5.91 Å². The van der Waals surface area contributed by atoms with E-state index < -0.39 is 11.6 Å². The Kier molecular flexibility index (Phi) is 8.95. The van der Waals surface area contributed by atoms with Gasteiger partial charge in [-0.2, -0.15) is 0 Å². The fourth-order valence-corrected chi connectivity index (χ4v) is 4.49. The maximum Gasteiger partial charge on any atom is 0.252 e. The Labute approximate surface area is 224 Å². The number of hydrogen-bond acceptors (Lipinski definition) is 5. The first kappa shape index (κ1) is 26.8. The molecule has 0 aliphatic carbocycles. The summed E-state index contributed by atoms with van der Waals surface area (Å²) in [5.41, 5.74) is 1.34. The summed E-state index contributed by atoms with van der Waals surface area (Å²) in [5.74, 6) is 0.539. The first-order valence-corrected chi connectivity index (χ1v) is 13.1. The molecular weight excluding hydrogens is 539 g/mol. The largest absolute Gasteiger partial charge is 0.494 e. The Morgan fingerprint density at radius 2 is 1.89 bits per heavy atom. The highest BCUT2D eigenvalue weighted by molar-refractivity contribution is 9.10. The molecule has 0 bridgehead atoms. The SMILES string of the molecule is C[C@H]1OC(c2ccc(OCCCO)cc2)=N[C@@]1(Cc1ccc(Br)cc1)C(=O)NCCc1cccc(F)c1. The van der Waals surface area contributed by atoms with Gasteiger partial charge >= 0.3 is 0 Å². The molecule has 1 aliphatic rings. The van der Waals surface area contributed by atoms with Gasteiger partial charge in [0, 0.05) is 36.0 Å². The Morgan fingerprint density at radius 3 is 2.59 bits per heavy atom. The summed E-state index contributed by atoms with van der Waals surface area (Å²) >= 11 is 3.46. The smallest absolute Gasteiger partial charge is 0.252 e. The highest BCUT2D eigenvalue weighted by atomic mass is 79.9. The molecule has 2 atom stereocenters. The molecule has 0 saturated heterocycles. The van der Waals surface area contributed by atoms with Crippen LogP contribution >= 0.6 is 15.9 Å². The maximum atomic E-state index is 13.7. The fraction of sp³-hybridized carbons (Fsp3) is 0.310. The van der Waals surface area contributed by atoms with Crippen LogP contribution in [0.2, 0.25) is 0 Å². The topological polar surface area (TPSA) is 80.2 Å². The minimum atomic E-state index is -1.17. The number of halogens is 2. The number of rotatable bonds is 11. The third-order valence-corrected chi connectivity index (χ3v) is 6.83. The zero-order valence-electron chi connectivity index (χ0n) is 20.6. The van der Waals surface area contributed by atoms with Crippen molar-refractivity contribution in [2.45, 2.75) is 37.8 Å². The fourth-order valence-electron chi connectivity index (χ4n) is 4.22. The summed E-state index contributed by atoms with van der Waals surface area (Å²) in [5, 5.41) is 11.9. The summed E-state index contributed by atoms with van der Waals surface area (Å²) in [6.07, 6.45) is 0.906. The van der Waals surface area contributed by atoms with Crippen LogP contribution in [0, 0.1) is 5.82 Å². The second kappa shape index (κ2) is 12.3. The average Bonchev–Trinajstić information content (AvgIpc) is 3.23. The number of hydrogen-bond donors (Lipinski definition) is 2. The highest BCUT2D eigenvalue weighted by Crippen LogP contribution is 2.33. The molecule has 0 radical (unpaired) electrons. The van der Waals surface area contributed by atoms with Gasteiger partial charge < -0.3 is 19.9 Å².